The van der Waals surface area contributed by atoms with Crippen LogP contribution in [-0.2, 0) is 29.1 Å². The van der Waals surface area contributed by atoms with Gasteiger partial charge in [0, 0.05) is 24.4 Å². The molecule has 4 nitrogen and oxygen atoms in total. The molecular formula is C24H26N2O2S. The molecule has 4 rings (SSSR count). The van der Waals surface area contributed by atoms with Crippen molar-refractivity contribution in [3.05, 3.63) is 95.3 Å². The van der Waals surface area contributed by atoms with Crippen molar-refractivity contribution in [1.82, 2.24) is 4.98 Å². The fraction of sp³-hybridized carbons (Fsp3) is 0.292. The number of nitrogens with two attached hydrogens (primary N) is 1. The lowest BCUT2D eigenvalue weighted by Gasteiger charge is -2.32. The highest BCUT2D eigenvalue weighted by molar-refractivity contribution is 7.91. The maximum Gasteiger partial charge on any atom is 0.180 e. The lowest BCUT2D eigenvalue weighted by molar-refractivity contribution is 0.467. The number of nitrogens with zero attached hydrogens (tertiary/aromatic N) is 1. The number of fused-ring (bicyclic) bond motifs is 1. The molecule has 2 aromatic carbocycles. The molecule has 150 valence electrons. The van der Waals surface area contributed by atoms with E-state index in [-0.39, 0.29) is 22.6 Å². The molecule has 29 heavy (non-hydrogen) atoms. The molecule has 5 heteroatoms. The van der Waals surface area contributed by atoms with Crippen molar-refractivity contribution in [2.45, 2.75) is 42.5 Å². The molecule has 0 amide bonds. The van der Waals surface area contributed by atoms with Crippen molar-refractivity contribution in [3.63, 3.8) is 0 Å². The second-order valence-electron chi connectivity index (χ2n) is 7.79. The van der Waals surface area contributed by atoms with Crippen molar-refractivity contribution in [2.24, 2.45) is 5.73 Å². The van der Waals surface area contributed by atoms with Crippen LogP contribution in [0.2, 0.25) is 0 Å². The third kappa shape index (κ3) is 4.57. The van der Waals surface area contributed by atoms with Crippen LogP contribution in [0.25, 0.3) is 0 Å². The summed E-state index contributed by atoms with van der Waals surface area (Å²) in [5.74, 6) is 0.336. The highest BCUT2D eigenvalue weighted by atomic mass is 32.2. The van der Waals surface area contributed by atoms with Gasteiger partial charge < -0.3 is 5.73 Å². The van der Waals surface area contributed by atoms with Gasteiger partial charge in [-0.2, -0.15) is 0 Å². The van der Waals surface area contributed by atoms with Gasteiger partial charge in [0.25, 0.3) is 0 Å². The van der Waals surface area contributed by atoms with E-state index < -0.39 is 9.84 Å². The fourth-order valence-corrected chi connectivity index (χ4v) is 5.40. The van der Waals surface area contributed by atoms with Crippen LogP contribution in [0.1, 0.15) is 34.6 Å². The van der Waals surface area contributed by atoms with Crippen LogP contribution in [0.3, 0.4) is 0 Å². The van der Waals surface area contributed by atoms with Gasteiger partial charge in [0.1, 0.15) is 0 Å². The number of aromatic nitrogens is 1. The van der Waals surface area contributed by atoms with Gasteiger partial charge >= 0.3 is 0 Å². The summed E-state index contributed by atoms with van der Waals surface area (Å²) in [6.45, 7) is 0. The van der Waals surface area contributed by atoms with Crippen molar-refractivity contribution in [3.8, 4) is 0 Å². The van der Waals surface area contributed by atoms with E-state index in [2.05, 4.69) is 47.4 Å². The Morgan fingerprint density at radius 2 is 1.83 bits per heavy atom. The molecule has 1 aliphatic rings. The Bertz CT molecular complexity index is 1070. The Hall–Kier alpha value is -2.50. The number of pyridine rings is 1. The van der Waals surface area contributed by atoms with Gasteiger partial charge in [0.15, 0.2) is 9.84 Å². The zero-order valence-corrected chi connectivity index (χ0v) is 17.2. The van der Waals surface area contributed by atoms with E-state index in [1.165, 1.54) is 22.9 Å². The van der Waals surface area contributed by atoms with Gasteiger partial charge in [-0.1, -0.05) is 48.5 Å². The van der Waals surface area contributed by atoms with Crippen LogP contribution in [0.5, 0.6) is 0 Å². The van der Waals surface area contributed by atoms with Gasteiger partial charge in [-0.05, 0) is 60.1 Å². The molecule has 0 saturated heterocycles. The minimum Gasteiger partial charge on any atom is -0.327 e. The molecule has 0 spiro atoms. The maximum absolute atomic E-state index is 12.6. The topological polar surface area (TPSA) is 73.1 Å². The molecule has 2 N–H and O–H groups in total. The van der Waals surface area contributed by atoms with Crippen LogP contribution in [-0.4, -0.2) is 25.2 Å². The summed E-state index contributed by atoms with van der Waals surface area (Å²) in [5, 5.41) is 0. The third-order valence-corrected chi connectivity index (χ3v) is 7.53. The van der Waals surface area contributed by atoms with E-state index in [1.807, 2.05) is 6.07 Å². The molecule has 0 fully saturated rings. The number of hydrogen-bond acceptors (Lipinski definition) is 4. The highest BCUT2D eigenvalue weighted by Crippen LogP contribution is 2.34. The molecule has 0 saturated carbocycles. The molecule has 0 radical (unpaired) electrons. The van der Waals surface area contributed by atoms with E-state index in [0.717, 1.165) is 24.8 Å². The average Bonchev–Trinajstić information content (AvgIpc) is 2.76. The first kappa shape index (κ1) is 19.8. The van der Waals surface area contributed by atoms with E-state index in [1.54, 1.807) is 18.3 Å². The predicted molar refractivity (Wildman–Crippen MR) is 116 cm³/mol. The summed E-state index contributed by atoms with van der Waals surface area (Å²) in [4.78, 5) is 4.21. The lowest BCUT2D eigenvalue weighted by atomic mass is 9.76. The van der Waals surface area contributed by atoms with Crippen molar-refractivity contribution >= 4 is 9.84 Å². The molecule has 1 aromatic heterocycles. The van der Waals surface area contributed by atoms with Gasteiger partial charge in [0.2, 0.25) is 0 Å². The van der Waals surface area contributed by atoms with E-state index in [4.69, 9.17) is 5.73 Å². The number of benzene rings is 2. The Labute approximate surface area is 172 Å². The van der Waals surface area contributed by atoms with Gasteiger partial charge in [0.05, 0.1) is 10.6 Å². The van der Waals surface area contributed by atoms with E-state index in [9.17, 15) is 8.42 Å². The number of rotatable bonds is 6. The zero-order chi connectivity index (χ0) is 20.3. The van der Waals surface area contributed by atoms with Crippen LogP contribution < -0.4 is 5.73 Å². The Balaban J connectivity index is 1.55. The molecular weight excluding hydrogens is 380 g/mol. The average molecular weight is 407 g/mol. The van der Waals surface area contributed by atoms with Gasteiger partial charge in [-0.25, -0.2) is 8.42 Å². The van der Waals surface area contributed by atoms with Gasteiger partial charge in [-0.15, -0.1) is 0 Å². The molecule has 3 aromatic rings. The molecule has 0 aliphatic heterocycles. The van der Waals surface area contributed by atoms with Gasteiger partial charge in [-0.3, -0.25) is 4.98 Å². The highest BCUT2D eigenvalue weighted by Gasteiger charge is 2.27. The summed E-state index contributed by atoms with van der Waals surface area (Å²) in [6.07, 6.45) is 6.36. The monoisotopic (exact) mass is 406 g/mol. The largest absolute Gasteiger partial charge is 0.327 e. The summed E-state index contributed by atoms with van der Waals surface area (Å²) in [6, 6.07) is 20.2. The second-order valence-corrected chi connectivity index (χ2v) is 9.90. The number of aryl methyl sites for hydroxylation is 2. The van der Waals surface area contributed by atoms with Crippen LogP contribution in [0, 0.1) is 0 Å². The first-order valence-corrected chi connectivity index (χ1v) is 11.7. The Morgan fingerprint density at radius 3 is 2.59 bits per heavy atom. The third-order valence-electron chi connectivity index (χ3n) is 5.83. The fourth-order valence-electron chi connectivity index (χ4n) is 4.16. The van der Waals surface area contributed by atoms with Crippen molar-refractivity contribution < 1.29 is 8.42 Å². The van der Waals surface area contributed by atoms with Crippen molar-refractivity contribution in [1.29, 1.82) is 0 Å². The SMILES string of the molecule is NC1CCc2ccc(CCS(=O)(=O)c3cccnc3)cc2C1Cc1ccccc1. The number of sulfone groups is 1. The molecule has 2 atom stereocenters. The predicted octanol–water partition coefficient (Wildman–Crippen LogP) is 3.70. The first-order valence-electron chi connectivity index (χ1n) is 10.1. The zero-order valence-electron chi connectivity index (χ0n) is 16.4. The molecule has 0 bridgehead atoms. The summed E-state index contributed by atoms with van der Waals surface area (Å²) in [7, 11) is -3.34. The second kappa shape index (κ2) is 8.47. The van der Waals surface area contributed by atoms with Crippen LogP contribution >= 0.6 is 0 Å². The normalized spacial score (nSPS) is 18.9. The lowest BCUT2D eigenvalue weighted by Crippen LogP contribution is -2.34. The molecule has 1 aliphatic carbocycles. The Kier molecular flexibility index (Phi) is 5.79. The van der Waals surface area contributed by atoms with Crippen molar-refractivity contribution in [2.75, 3.05) is 5.75 Å². The molecule has 2 unspecified atom stereocenters. The smallest absolute Gasteiger partial charge is 0.180 e. The molecule has 1 heterocycles. The maximum atomic E-state index is 12.6. The van der Waals surface area contributed by atoms with E-state index in [0.29, 0.717) is 6.42 Å². The summed E-state index contributed by atoms with van der Waals surface area (Å²) >= 11 is 0. The van der Waals surface area contributed by atoms with Crippen LogP contribution in [0.15, 0.2) is 78.0 Å². The Morgan fingerprint density at radius 1 is 1.00 bits per heavy atom. The summed E-state index contributed by atoms with van der Waals surface area (Å²) < 4.78 is 25.2. The summed E-state index contributed by atoms with van der Waals surface area (Å²) in [5.41, 5.74) is 11.5. The first-order chi connectivity index (χ1) is 14.0. The quantitative estimate of drug-likeness (QED) is 0.677. The number of hydrogen-bond donors (Lipinski definition) is 1. The van der Waals surface area contributed by atoms with Crippen LogP contribution in [0.4, 0.5) is 0 Å². The minimum absolute atomic E-state index is 0.0763. The minimum atomic E-state index is -3.34. The standard InChI is InChI=1S/C24H26N2O2S/c25-24-11-10-20-9-8-19(12-14-29(27,28)21-7-4-13-26-17-21)15-22(20)23(24)16-18-5-2-1-3-6-18/h1-9,13,15,17,23-24H,10-12,14,16,25H2. The van der Waals surface area contributed by atoms with E-state index >= 15 is 0 Å².